The van der Waals surface area contributed by atoms with Crippen LogP contribution < -0.4 is 11.5 Å². The summed E-state index contributed by atoms with van der Waals surface area (Å²) in [6.45, 7) is 0. The maximum absolute atomic E-state index is 12.2. The van der Waals surface area contributed by atoms with E-state index in [1.165, 1.54) is 44.1 Å². The van der Waals surface area contributed by atoms with Gasteiger partial charge in [-0.1, -0.05) is 44.6 Å². The summed E-state index contributed by atoms with van der Waals surface area (Å²) in [5.74, 6) is -0.258. The summed E-state index contributed by atoms with van der Waals surface area (Å²) in [6, 6.07) is 3.77. The van der Waals surface area contributed by atoms with Crippen LogP contribution in [0.2, 0.25) is 0 Å². The molecule has 2 aliphatic carbocycles. The number of rotatable bonds is 4. The maximum Gasteiger partial charge on any atom is 0.249 e. The van der Waals surface area contributed by atoms with E-state index in [0.717, 1.165) is 31.2 Å². The quantitative estimate of drug-likeness (QED) is 0.876. The molecule has 0 atom stereocenters. The number of hydrogen-bond donors (Lipinski definition) is 2. The predicted molar refractivity (Wildman–Crippen MR) is 95.1 cm³/mol. The molecule has 4 N–H and O–H groups in total. The molecule has 0 spiro atoms. The lowest BCUT2D eigenvalue weighted by Gasteiger charge is -2.31. The van der Waals surface area contributed by atoms with Gasteiger partial charge in [-0.25, -0.2) is 0 Å². The van der Waals surface area contributed by atoms with E-state index < -0.39 is 11.8 Å². The first kappa shape index (κ1) is 17.0. The third-order valence-electron chi connectivity index (χ3n) is 5.85. The Labute approximate surface area is 144 Å². The molecule has 24 heavy (non-hydrogen) atoms. The third-order valence-corrected chi connectivity index (χ3v) is 5.85. The predicted octanol–water partition coefficient (Wildman–Crippen LogP) is 3.98. The zero-order chi connectivity index (χ0) is 17.1. The van der Waals surface area contributed by atoms with Gasteiger partial charge < -0.3 is 11.5 Å². The van der Waals surface area contributed by atoms with Gasteiger partial charge in [-0.15, -0.1) is 0 Å². The Morgan fingerprint density at radius 1 is 0.750 bits per heavy atom. The van der Waals surface area contributed by atoms with E-state index in [9.17, 15) is 9.59 Å². The average molecular weight is 328 g/mol. The Kier molecular flexibility index (Phi) is 5.22. The van der Waals surface area contributed by atoms with Crippen molar-refractivity contribution >= 4 is 11.8 Å². The van der Waals surface area contributed by atoms with Gasteiger partial charge in [0.15, 0.2) is 0 Å². The van der Waals surface area contributed by atoms with Gasteiger partial charge in [-0.3, -0.25) is 9.59 Å². The summed E-state index contributed by atoms with van der Waals surface area (Å²) >= 11 is 0. The largest absolute Gasteiger partial charge is 0.366 e. The van der Waals surface area contributed by atoms with Crippen LogP contribution >= 0.6 is 0 Å². The number of carbonyl (C=O) groups excluding carboxylic acids is 2. The molecular weight excluding hydrogens is 300 g/mol. The molecule has 130 valence electrons. The second-order valence-electron chi connectivity index (χ2n) is 7.39. The summed E-state index contributed by atoms with van der Waals surface area (Å²) in [5.41, 5.74) is 14.2. The number of carbonyl (C=O) groups is 2. The SMILES string of the molecule is NC(=O)c1ccc(C2CCCCC2)c(C2CCCCC2)c1C(N)=O. The molecule has 0 aromatic heterocycles. The standard InChI is InChI=1S/C20H28N2O2/c21-19(23)16-12-11-15(13-7-3-1-4-8-13)17(18(16)20(22)24)14-9-5-2-6-10-14/h11-14H,1-10H2,(H2,21,23)(H2,22,24). The van der Waals surface area contributed by atoms with Crippen molar-refractivity contribution in [2.75, 3.05) is 0 Å². The molecular formula is C20H28N2O2. The van der Waals surface area contributed by atoms with Gasteiger partial charge in [0.25, 0.3) is 0 Å². The maximum atomic E-state index is 12.2. The van der Waals surface area contributed by atoms with Crippen LogP contribution in [-0.2, 0) is 0 Å². The smallest absolute Gasteiger partial charge is 0.249 e. The third kappa shape index (κ3) is 3.33. The van der Waals surface area contributed by atoms with Gasteiger partial charge in [-0.2, -0.15) is 0 Å². The van der Waals surface area contributed by atoms with Crippen LogP contribution in [0.1, 0.15) is 108 Å². The van der Waals surface area contributed by atoms with Crippen LogP contribution in [-0.4, -0.2) is 11.8 Å². The average Bonchev–Trinajstić information content (AvgIpc) is 2.61. The highest BCUT2D eigenvalue weighted by atomic mass is 16.2. The fraction of sp³-hybridized carbons (Fsp3) is 0.600. The molecule has 2 aliphatic rings. The molecule has 0 aliphatic heterocycles. The first-order valence-electron chi connectivity index (χ1n) is 9.36. The van der Waals surface area contributed by atoms with E-state index in [1.54, 1.807) is 6.07 Å². The van der Waals surface area contributed by atoms with Gasteiger partial charge in [0, 0.05) is 0 Å². The molecule has 0 bridgehead atoms. The summed E-state index contributed by atoms with van der Waals surface area (Å²) in [7, 11) is 0. The molecule has 0 heterocycles. The molecule has 2 amide bonds. The van der Waals surface area contributed by atoms with Crippen LogP contribution in [0, 0.1) is 0 Å². The van der Waals surface area contributed by atoms with Crippen molar-refractivity contribution in [3.63, 3.8) is 0 Å². The molecule has 0 saturated heterocycles. The summed E-state index contributed by atoms with van der Waals surface area (Å²) in [6.07, 6.45) is 11.8. The molecule has 4 nitrogen and oxygen atoms in total. The second-order valence-corrected chi connectivity index (χ2v) is 7.39. The summed E-state index contributed by atoms with van der Waals surface area (Å²) in [4.78, 5) is 24.1. The van der Waals surface area contributed by atoms with E-state index in [0.29, 0.717) is 23.0 Å². The number of hydrogen-bond acceptors (Lipinski definition) is 2. The van der Waals surface area contributed by atoms with E-state index in [2.05, 4.69) is 0 Å². The van der Waals surface area contributed by atoms with Crippen molar-refractivity contribution < 1.29 is 9.59 Å². The molecule has 1 aromatic rings. The van der Waals surface area contributed by atoms with Gasteiger partial charge in [0.05, 0.1) is 11.1 Å². The second kappa shape index (κ2) is 7.37. The molecule has 4 heteroatoms. The normalized spacial score (nSPS) is 20.0. The lowest BCUT2D eigenvalue weighted by atomic mass is 9.73. The Morgan fingerprint density at radius 3 is 1.79 bits per heavy atom. The molecule has 0 unspecified atom stereocenters. The van der Waals surface area contributed by atoms with Crippen molar-refractivity contribution in [1.29, 1.82) is 0 Å². The monoisotopic (exact) mass is 328 g/mol. The highest BCUT2D eigenvalue weighted by Crippen LogP contribution is 2.43. The topological polar surface area (TPSA) is 86.2 Å². The Hall–Kier alpha value is -1.84. The van der Waals surface area contributed by atoms with Crippen LogP contribution in [0.5, 0.6) is 0 Å². The minimum Gasteiger partial charge on any atom is -0.366 e. The van der Waals surface area contributed by atoms with Crippen LogP contribution in [0.3, 0.4) is 0 Å². The fourth-order valence-corrected chi connectivity index (χ4v) is 4.71. The highest BCUT2D eigenvalue weighted by molar-refractivity contribution is 6.07. The molecule has 2 fully saturated rings. The first-order chi connectivity index (χ1) is 11.6. The number of benzene rings is 1. The van der Waals surface area contributed by atoms with Gasteiger partial charge >= 0.3 is 0 Å². The number of primary amides is 2. The van der Waals surface area contributed by atoms with Gasteiger partial charge in [0.2, 0.25) is 11.8 Å². The minimum absolute atomic E-state index is 0.294. The Balaban J connectivity index is 2.14. The lowest BCUT2D eigenvalue weighted by Crippen LogP contribution is -2.26. The fourth-order valence-electron chi connectivity index (χ4n) is 4.71. The van der Waals surface area contributed by atoms with Crippen LogP contribution in [0.25, 0.3) is 0 Å². The van der Waals surface area contributed by atoms with Gasteiger partial charge in [-0.05, 0) is 54.7 Å². The van der Waals surface area contributed by atoms with E-state index >= 15 is 0 Å². The van der Waals surface area contributed by atoms with Gasteiger partial charge in [0.1, 0.15) is 0 Å². The number of nitrogens with two attached hydrogens (primary N) is 2. The van der Waals surface area contributed by atoms with Crippen molar-refractivity contribution in [3.05, 3.63) is 34.4 Å². The Morgan fingerprint density at radius 2 is 1.29 bits per heavy atom. The van der Waals surface area contributed by atoms with Crippen LogP contribution in [0.15, 0.2) is 12.1 Å². The summed E-state index contributed by atoms with van der Waals surface area (Å²) in [5, 5.41) is 0. The zero-order valence-corrected chi connectivity index (χ0v) is 14.4. The molecule has 1 aromatic carbocycles. The first-order valence-corrected chi connectivity index (χ1v) is 9.36. The van der Waals surface area contributed by atoms with Crippen molar-refractivity contribution in [2.24, 2.45) is 11.5 Å². The van der Waals surface area contributed by atoms with E-state index in [-0.39, 0.29) is 0 Å². The summed E-state index contributed by atoms with van der Waals surface area (Å²) < 4.78 is 0. The van der Waals surface area contributed by atoms with E-state index in [4.69, 9.17) is 11.5 Å². The van der Waals surface area contributed by atoms with Crippen molar-refractivity contribution in [2.45, 2.75) is 76.0 Å². The minimum atomic E-state index is -0.559. The van der Waals surface area contributed by atoms with Crippen LogP contribution in [0.4, 0.5) is 0 Å². The lowest BCUT2D eigenvalue weighted by molar-refractivity contribution is 0.0965. The molecule has 0 radical (unpaired) electrons. The molecule has 2 saturated carbocycles. The zero-order valence-electron chi connectivity index (χ0n) is 14.4. The molecule has 3 rings (SSSR count). The highest BCUT2D eigenvalue weighted by Gasteiger charge is 2.30. The Bertz CT molecular complexity index is 627. The number of amides is 2. The van der Waals surface area contributed by atoms with Crippen molar-refractivity contribution in [1.82, 2.24) is 0 Å². The van der Waals surface area contributed by atoms with Crippen molar-refractivity contribution in [3.8, 4) is 0 Å². The van der Waals surface area contributed by atoms with E-state index in [1.807, 2.05) is 6.07 Å².